The van der Waals surface area contributed by atoms with Gasteiger partial charge in [-0.2, -0.15) is 0 Å². The van der Waals surface area contributed by atoms with Crippen LogP contribution in [0.3, 0.4) is 0 Å². The summed E-state index contributed by atoms with van der Waals surface area (Å²) in [7, 11) is 1.76. The second kappa shape index (κ2) is 6.42. The van der Waals surface area contributed by atoms with E-state index in [1.807, 2.05) is 23.6 Å². The van der Waals surface area contributed by atoms with Crippen molar-refractivity contribution in [1.82, 2.24) is 9.55 Å². The van der Waals surface area contributed by atoms with E-state index in [1.165, 1.54) is 23.1 Å². The molecule has 2 aromatic heterocycles. The van der Waals surface area contributed by atoms with Crippen molar-refractivity contribution >= 4 is 49.2 Å². The molecule has 3 aromatic rings. The number of benzene rings is 1. The lowest BCUT2D eigenvalue weighted by atomic mass is 10.2. The average Bonchev–Trinajstić information content (AvgIpc) is 3.05. The van der Waals surface area contributed by atoms with Crippen LogP contribution in [0.25, 0.3) is 10.2 Å². The first-order chi connectivity index (χ1) is 11.6. The van der Waals surface area contributed by atoms with E-state index >= 15 is 0 Å². The summed E-state index contributed by atoms with van der Waals surface area (Å²) in [6, 6.07) is 5.79. The van der Waals surface area contributed by atoms with Gasteiger partial charge in [-0.1, -0.05) is 27.7 Å². The maximum Gasteiger partial charge on any atom is 0.271 e. The minimum atomic E-state index is -0.00117. The molecular formula is C16H13BrN2O3S2. The van der Waals surface area contributed by atoms with Crippen LogP contribution in [-0.2, 0) is 12.8 Å². The minimum absolute atomic E-state index is 0.00117. The molecule has 4 rings (SSSR count). The van der Waals surface area contributed by atoms with Gasteiger partial charge in [-0.3, -0.25) is 9.36 Å². The highest BCUT2D eigenvalue weighted by Gasteiger charge is 2.16. The standard InChI is InChI=1S/C16H13BrN2O3S2/c1-19-15(20)14-11(2-5-23-14)18-16(19)24-8-9-6-12-13(7-10(9)17)22-4-3-21-12/h2,5-7H,3-4,8H2,1H3. The van der Waals surface area contributed by atoms with Gasteiger partial charge in [-0.25, -0.2) is 4.98 Å². The van der Waals surface area contributed by atoms with Crippen molar-refractivity contribution in [3.05, 3.63) is 44.0 Å². The summed E-state index contributed by atoms with van der Waals surface area (Å²) in [6.07, 6.45) is 0. The first kappa shape index (κ1) is 16.0. The number of ether oxygens (including phenoxy) is 2. The minimum Gasteiger partial charge on any atom is -0.486 e. The van der Waals surface area contributed by atoms with Gasteiger partial charge < -0.3 is 9.47 Å². The zero-order valence-corrected chi connectivity index (χ0v) is 16.0. The van der Waals surface area contributed by atoms with Crippen molar-refractivity contribution in [2.24, 2.45) is 7.05 Å². The monoisotopic (exact) mass is 424 g/mol. The molecule has 3 heterocycles. The van der Waals surface area contributed by atoms with Gasteiger partial charge in [0.2, 0.25) is 0 Å². The van der Waals surface area contributed by atoms with E-state index in [-0.39, 0.29) is 5.56 Å². The smallest absolute Gasteiger partial charge is 0.271 e. The van der Waals surface area contributed by atoms with Gasteiger partial charge in [0.15, 0.2) is 16.7 Å². The molecule has 0 unspecified atom stereocenters. The first-order valence-electron chi connectivity index (χ1n) is 7.28. The summed E-state index contributed by atoms with van der Waals surface area (Å²) in [5.74, 6) is 2.19. The van der Waals surface area contributed by atoms with E-state index in [4.69, 9.17) is 9.47 Å². The SMILES string of the molecule is Cn1c(SCc2cc3c(cc2Br)OCCO3)nc2ccsc2c1=O. The Labute approximate surface area is 154 Å². The van der Waals surface area contributed by atoms with Gasteiger partial charge in [0.1, 0.15) is 17.9 Å². The molecule has 0 amide bonds. The number of rotatable bonds is 3. The molecule has 124 valence electrons. The first-order valence-corrected chi connectivity index (χ1v) is 9.94. The Hall–Kier alpha value is -1.51. The van der Waals surface area contributed by atoms with Crippen LogP contribution < -0.4 is 15.0 Å². The Morgan fingerprint density at radius 1 is 1.33 bits per heavy atom. The second-order valence-corrected chi connectivity index (χ2v) is 7.98. The molecule has 0 radical (unpaired) electrons. The Balaban J connectivity index is 1.63. The number of thioether (sulfide) groups is 1. The molecule has 0 saturated heterocycles. The number of thiophene rings is 1. The highest BCUT2D eigenvalue weighted by Crippen LogP contribution is 2.37. The number of hydrogen-bond donors (Lipinski definition) is 0. The van der Waals surface area contributed by atoms with Crippen LogP contribution in [-0.4, -0.2) is 22.8 Å². The molecule has 8 heteroatoms. The Bertz CT molecular complexity index is 983. The average molecular weight is 425 g/mol. The molecule has 0 saturated carbocycles. The third kappa shape index (κ3) is 2.82. The summed E-state index contributed by atoms with van der Waals surface area (Å²) >= 11 is 6.53. The van der Waals surface area contributed by atoms with Crippen LogP contribution in [0.2, 0.25) is 0 Å². The summed E-state index contributed by atoms with van der Waals surface area (Å²) in [5, 5.41) is 2.60. The lowest BCUT2D eigenvalue weighted by Crippen LogP contribution is -2.18. The third-order valence-corrected chi connectivity index (χ3v) is 6.42. The fourth-order valence-electron chi connectivity index (χ4n) is 2.46. The molecule has 0 bridgehead atoms. The molecule has 1 aliphatic rings. The van der Waals surface area contributed by atoms with E-state index in [9.17, 15) is 4.79 Å². The predicted octanol–water partition coefficient (Wildman–Crippen LogP) is 3.82. The number of aromatic nitrogens is 2. The van der Waals surface area contributed by atoms with Crippen molar-refractivity contribution < 1.29 is 9.47 Å². The van der Waals surface area contributed by atoms with Gasteiger partial charge >= 0.3 is 0 Å². The molecule has 0 N–H and O–H groups in total. The van der Waals surface area contributed by atoms with Gasteiger partial charge in [0.25, 0.3) is 5.56 Å². The lowest BCUT2D eigenvalue weighted by Gasteiger charge is -2.20. The molecule has 0 fully saturated rings. The van der Waals surface area contributed by atoms with Gasteiger partial charge in [0.05, 0.1) is 5.52 Å². The van der Waals surface area contributed by atoms with E-state index in [0.717, 1.165) is 27.1 Å². The van der Waals surface area contributed by atoms with Crippen LogP contribution in [0, 0.1) is 0 Å². The van der Waals surface area contributed by atoms with Gasteiger partial charge in [-0.05, 0) is 29.1 Å². The highest BCUT2D eigenvalue weighted by atomic mass is 79.9. The maximum atomic E-state index is 12.4. The third-order valence-electron chi connectivity index (χ3n) is 3.71. The van der Waals surface area contributed by atoms with E-state index in [0.29, 0.717) is 28.8 Å². The lowest BCUT2D eigenvalue weighted by molar-refractivity contribution is 0.171. The van der Waals surface area contributed by atoms with Crippen LogP contribution >= 0.6 is 39.0 Å². The molecule has 5 nitrogen and oxygen atoms in total. The quantitative estimate of drug-likeness (QED) is 0.472. The number of halogens is 1. The van der Waals surface area contributed by atoms with Crippen LogP contribution in [0.5, 0.6) is 11.5 Å². The molecule has 24 heavy (non-hydrogen) atoms. The summed E-state index contributed by atoms with van der Waals surface area (Å²) in [5.41, 5.74) is 1.83. The predicted molar refractivity (Wildman–Crippen MR) is 99.6 cm³/mol. The molecule has 1 aliphatic heterocycles. The molecule has 0 aliphatic carbocycles. The van der Waals surface area contributed by atoms with Crippen molar-refractivity contribution in [3.8, 4) is 11.5 Å². The van der Waals surface area contributed by atoms with Crippen molar-refractivity contribution in [1.29, 1.82) is 0 Å². The van der Waals surface area contributed by atoms with E-state index < -0.39 is 0 Å². The number of hydrogen-bond acceptors (Lipinski definition) is 6. The Kier molecular flexibility index (Phi) is 4.28. The molecular weight excluding hydrogens is 412 g/mol. The topological polar surface area (TPSA) is 53.4 Å². The van der Waals surface area contributed by atoms with Crippen LogP contribution in [0.4, 0.5) is 0 Å². The number of nitrogens with zero attached hydrogens (tertiary/aromatic N) is 2. The summed E-state index contributed by atoms with van der Waals surface area (Å²) in [4.78, 5) is 16.9. The van der Waals surface area contributed by atoms with E-state index in [2.05, 4.69) is 20.9 Å². The van der Waals surface area contributed by atoms with Crippen molar-refractivity contribution in [2.75, 3.05) is 13.2 Å². The Morgan fingerprint density at radius 2 is 2.08 bits per heavy atom. The second-order valence-electron chi connectivity index (χ2n) is 5.27. The fourth-order valence-corrected chi connectivity index (χ4v) is 4.87. The highest BCUT2D eigenvalue weighted by molar-refractivity contribution is 9.10. The molecule has 1 aromatic carbocycles. The van der Waals surface area contributed by atoms with Crippen LogP contribution in [0.1, 0.15) is 5.56 Å². The molecule has 0 spiro atoms. The van der Waals surface area contributed by atoms with E-state index in [1.54, 1.807) is 11.6 Å². The van der Waals surface area contributed by atoms with Crippen molar-refractivity contribution in [3.63, 3.8) is 0 Å². The number of fused-ring (bicyclic) bond motifs is 2. The Morgan fingerprint density at radius 3 is 2.88 bits per heavy atom. The largest absolute Gasteiger partial charge is 0.486 e. The van der Waals surface area contributed by atoms with Crippen LogP contribution in [0.15, 0.2) is 38.0 Å². The van der Waals surface area contributed by atoms with Gasteiger partial charge in [-0.15, -0.1) is 11.3 Å². The zero-order chi connectivity index (χ0) is 16.7. The molecule has 0 atom stereocenters. The normalized spacial score (nSPS) is 13.4. The summed E-state index contributed by atoms with van der Waals surface area (Å²) < 4.78 is 14.5. The summed E-state index contributed by atoms with van der Waals surface area (Å²) in [6.45, 7) is 1.13. The fraction of sp³-hybridized carbons (Fsp3) is 0.250. The zero-order valence-electron chi connectivity index (χ0n) is 12.7. The van der Waals surface area contributed by atoms with Gasteiger partial charge in [0, 0.05) is 17.3 Å². The maximum absolute atomic E-state index is 12.4. The van der Waals surface area contributed by atoms with Crippen molar-refractivity contribution in [2.45, 2.75) is 10.9 Å².